The van der Waals surface area contributed by atoms with Gasteiger partial charge in [-0.25, -0.2) is 4.98 Å². The van der Waals surface area contributed by atoms with E-state index >= 15 is 0 Å². The number of anilines is 3. The molecule has 1 aliphatic carbocycles. The van der Waals surface area contributed by atoms with E-state index in [9.17, 15) is 4.79 Å². The van der Waals surface area contributed by atoms with Gasteiger partial charge in [0.15, 0.2) is 0 Å². The van der Waals surface area contributed by atoms with Crippen LogP contribution in [0.5, 0.6) is 17.2 Å². The lowest BCUT2D eigenvalue weighted by Gasteiger charge is -2.39. The van der Waals surface area contributed by atoms with E-state index in [2.05, 4.69) is 73.3 Å². The van der Waals surface area contributed by atoms with Crippen LogP contribution in [0.25, 0.3) is 16.6 Å². The number of carbonyl (C=O) groups is 1. The molecule has 11 nitrogen and oxygen atoms in total. The highest BCUT2D eigenvalue weighted by atomic mass is 35.5. The van der Waals surface area contributed by atoms with Crippen molar-refractivity contribution >= 4 is 63.1 Å². The fourth-order valence-electron chi connectivity index (χ4n) is 9.22. The minimum Gasteiger partial charge on any atom is -0.494 e. The molecule has 2 fully saturated rings. The van der Waals surface area contributed by atoms with Crippen molar-refractivity contribution in [2.24, 2.45) is 11.3 Å². The van der Waals surface area contributed by atoms with E-state index in [4.69, 9.17) is 21.1 Å². The van der Waals surface area contributed by atoms with Gasteiger partial charge < -0.3 is 35.3 Å². The van der Waals surface area contributed by atoms with Gasteiger partial charge in [-0.1, -0.05) is 43.2 Å². The number of carbonyl (C=O) groups excluding carboxylic acids is 1. The lowest BCUT2D eigenvalue weighted by molar-refractivity contribution is 0.0982. The van der Waals surface area contributed by atoms with Gasteiger partial charge in [0.1, 0.15) is 28.6 Å². The van der Waals surface area contributed by atoms with E-state index in [0.29, 0.717) is 28.7 Å². The van der Waals surface area contributed by atoms with Crippen molar-refractivity contribution in [1.29, 1.82) is 0 Å². The molecule has 1 atom stereocenters. The third kappa shape index (κ3) is 10.7. The number of nitrogens with zero attached hydrogens (tertiary/aromatic N) is 3. The molecule has 5 aromatic rings. The van der Waals surface area contributed by atoms with E-state index in [0.717, 1.165) is 103 Å². The van der Waals surface area contributed by atoms with Crippen LogP contribution in [0.2, 0.25) is 5.02 Å². The number of piperazine rings is 1. The van der Waals surface area contributed by atoms with Gasteiger partial charge in [0.2, 0.25) is 0 Å². The van der Waals surface area contributed by atoms with Gasteiger partial charge in [0, 0.05) is 79.1 Å². The topological polar surface area (TPSA) is 119 Å². The van der Waals surface area contributed by atoms with Gasteiger partial charge in [-0.3, -0.25) is 14.4 Å². The number of halogens is 1. The largest absolute Gasteiger partial charge is 0.494 e. The van der Waals surface area contributed by atoms with Crippen molar-refractivity contribution in [3.05, 3.63) is 101 Å². The zero-order chi connectivity index (χ0) is 43.2. The second-order valence-electron chi connectivity index (χ2n) is 17.9. The molecule has 1 amide bonds. The summed E-state index contributed by atoms with van der Waals surface area (Å²) in [6.45, 7) is 13.7. The predicted molar refractivity (Wildman–Crippen MR) is 256 cm³/mol. The molecule has 3 aliphatic rings. The summed E-state index contributed by atoms with van der Waals surface area (Å²) in [7, 11) is 3.59. The van der Waals surface area contributed by atoms with Crippen molar-refractivity contribution in [2.45, 2.75) is 70.2 Å². The predicted octanol–water partition coefficient (Wildman–Crippen LogP) is 10.5. The van der Waals surface area contributed by atoms with Gasteiger partial charge in [0.25, 0.3) is 5.91 Å². The van der Waals surface area contributed by atoms with E-state index in [1.807, 2.05) is 67.8 Å². The fourth-order valence-corrected chi connectivity index (χ4v) is 10.0. The monoisotopic (exact) mass is 876 g/mol. The van der Waals surface area contributed by atoms with Crippen LogP contribution in [0.1, 0.15) is 75.2 Å². The Labute approximate surface area is 375 Å². The molecular formula is C49H61ClN8O3S. The number of nitrogens with one attached hydrogen (secondary N) is 5. The van der Waals surface area contributed by atoms with Gasteiger partial charge in [0.05, 0.1) is 24.6 Å². The molecule has 0 radical (unpaired) electrons. The Kier molecular flexibility index (Phi) is 13.9. The molecule has 4 heterocycles. The number of hydrogen-bond donors (Lipinski definition) is 5. The van der Waals surface area contributed by atoms with Crippen molar-refractivity contribution in [3.63, 3.8) is 0 Å². The first-order valence-electron chi connectivity index (χ1n) is 22.1. The van der Waals surface area contributed by atoms with Crippen LogP contribution in [-0.2, 0) is 0 Å². The molecule has 13 heteroatoms. The number of fused-ring (bicyclic) bond motifs is 1. The summed E-state index contributed by atoms with van der Waals surface area (Å²) in [5.41, 5.74) is 8.64. The minimum absolute atomic E-state index is 0.264. The molecule has 2 aromatic heterocycles. The van der Waals surface area contributed by atoms with Gasteiger partial charge in [-0.15, -0.1) is 0 Å². The third-order valence-electron chi connectivity index (χ3n) is 12.7. The second-order valence-corrected chi connectivity index (χ2v) is 19.2. The highest BCUT2D eigenvalue weighted by Gasteiger charge is 2.30. The Morgan fingerprint density at radius 1 is 1.02 bits per heavy atom. The molecule has 0 spiro atoms. The summed E-state index contributed by atoms with van der Waals surface area (Å²) in [4.78, 5) is 27.6. The molecule has 2 aliphatic heterocycles. The molecule has 3 aromatic carbocycles. The zero-order valence-corrected chi connectivity index (χ0v) is 38.3. The Hall–Kier alpha value is -4.88. The van der Waals surface area contributed by atoms with E-state index in [-0.39, 0.29) is 17.4 Å². The number of methoxy groups -OCH3 is 1. The summed E-state index contributed by atoms with van der Waals surface area (Å²) in [6, 6.07) is 22.4. The molecule has 8 rings (SSSR count). The maximum Gasteiger partial charge on any atom is 0.265 e. The Balaban J connectivity index is 0.972. The number of H-pyrrole nitrogens is 1. The molecule has 2 saturated heterocycles. The third-order valence-corrected chi connectivity index (χ3v) is 13.7. The van der Waals surface area contributed by atoms with Gasteiger partial charge >= 0.3 is 0 Å². The quantitative estimate of drug-likeness (QED) is 0.0651. The highest BCUT2D eigenvalue weighted by Crippen LogP contribution is 2.44. The summed E-state index contributed by atoms with van der Waals surface area (Å²) in [6.07, 6.45) is 10.4. The summed E-state index contributed by atoms with van der Waals surface area (Å²) in [5, 5.41) is 12.2. The van der Waals surface area contributed by atoms with Crippen molar-refractivity contribution in [3.8, 4) is 17.2 Å². The second kappa shape index (κ2) is 19.7. The lowest BCUT2D eigenvalue weighted by atomic mass is 9.72. The van der Waals surface area contributed by atoms with Crippen molar-refractivity contribution in [1.82, 2.24) is 24.9 Å². The van der Waals surface area contributed by atoms with Crippen LogP contribution in [-0.4, -0.2) is 86.8 Å². The van der Waals surface area contributed by atoms with Crippen LogP contribution in [0.4, 0.5) is 17.1 Å². The number of aromatic nitrogens is 2. The molecule has 0 unspecified atom stereocenters. The van der Waals surface area contributed by atoms with Crippen molar-refractivity contribution < 1.29 is 14.3 Å². The number of allylic oxidation sites excluding steroid dienone is 1. The molecule has 62 heavy (non-hydrogen) atoms. The first-order valence-corrected chi connectivity index (χ1v) is 23.3. The summed E-state index contributed by atoms with van der Waals surface area (Å²) >= 11 is 7.53. The number of rotatable bonds is 15. The van der Waals surface area contributed by atoms with E-state index in [1.165, 1.54) is 42.3 Å². The molecule has 328 valence electrons. The molecular weight excluding hydrogens is 816 g/mol. The zero-order valence-electron chi connectivity index (χ0n) is 36.7. The van der Waals surface area contributed by atoms with Crippen LogP contribution in [0.15, 0.2) is 89.6 Å². The first kappa shape index (κ1) is 43.8. The smallest absolute Gasteiger partial charge is 0.265 e. The lowest BCUT2D eigenvalue weighted by Crippen LogP contribution is -2.47. The van der Waals surface area contributed by atoms with Gasteiger partial charge in [-0.2, -0.15) is 0 Å². The van der Waals surface area contributed by atoms with Crippen LogP contribution < -0.4 is 35.0 Å². The minimum atomic E-state index is -0.264. The number of benzene rings is 3. The average Bonchev–Trinajstić information content (AvgIpc) is 3.75. The SMILES string of the molecule is CNc1cc(SNC(=O)c2ccc(N3CCN(CC4=C(c5ccc(Cl)cc5)CC(C)(C)CC4)CC3)cc2Oc2cnc3[nH]ccc3c2)cc(OC)c1N[C@@H](C)CC1CCNCC1. The number of hydrogen-bond acceptors (Lipinski definition) is 10. The van der Waals surface area contributed by atoms with Crippen LogP contribution in [0.3, 0.4) is 0 Å². The van der Waals surface area contributed by atoms with Crippen molar-refractivity contribution in [2.75, 3.05) is 75.5 Å². The maximum absolute atomic E-state index is 14.1. The summed E-state index contributed by atoms with van der Waals surface area (Å²) < 4.78 is 15.5. The van der Waals surface area contributed by atoms with Crippen LogP contribution >= 0.6 is 23.5 Å². The normalized spacial score (nSPS) is 17.8. The number of aromatic amines is 1. The van der Waals surface area contributed by atoms with Gasteiger partial charge in [-0.05, 0) is 141 Å². The van der Waals surface area contributed by atoms with Crippen LogP contribution in [0, 0.1) is 11.3 Å². The summed E-state index contributed by atoms with van der Waals surface area (Å²) in [5.74, 6) is 2.18. The Bertz CT molecular complexity index is 2340. The molecule has 0 saturated carbocycles. The average molecular weight is 878 g/mol. The number of pyridine rings is 1. The maximum atomic E-state index is 14.1. The van der Waals surface area contributed by atoms with E-state index in [1.54, 1.807) is 18.9 Å². The number of ether oxygens (including phenoxy) is 2. The standard InChI is InChI=1S/C49H61ClN8O3S/c1-32(24-33-13-17-52-18-14-33)55-46-43(51-4)27-40(28-45(46)60-5)62-56-48(59)41-11-10-38(26-44(41)61-39-25-35-15-19-53-47(35)54-30-39)58-22-20-57(21-23-58)31-36-12-16-49(2,3)29-42(36)34-6-8-37(50)9-7-34/h6-11,15,19,25-28,30,32-33,51-52,55H,12-14,16-18,20-24,29,31H2,1-5H3,(H,53,54)(H,56,59)/t32-/m0/s1. The highest BCUT2D eigenvalue weighted by molar-refractivity contribution is 7.98. The van der Waals surface area contributed by atoms with E-state index < -0.39 is 0 Å². The Morgan fingerprint density at radius 3 is 2.56 bits per heavy atom. The Morgan fingerprint density at radius 2 is 1.81 bits per heavy atom. The number of amides is 1. The molecule has 0 bridgehead atoms. The fraction of sp³-hybridized carbons (Fsp3) is 0.429. The first-order chi connectivity index (χ1) is 30.0. The number of piperidine rings is 1. The molecule has 5 N–H and O–H groups in total.